The predicted molar refractivity (Wildman–Crippen MR) is 115 cm³/mol. The molecule has 166 valence electrons. The summed E-state index contributed by atoms with van der Waals surface area (Å²) in [5.74, 6) is -0.0369. The van der Waals surface area contributed by atoms with Crippen molar-refractivity contribution in [2.75, 3.05) is 25.5 Å². The third kappa shape index (κ3) is 3.97. The Labute approximate surface area is 181 Å². The molecule has 1 amide bonds. The summed E-state index contributed by atoms with van der Waals surface area (Å²) in [6.45, 7) is 2.68. The van der Waals surface area contributed by atoms with Crippen LogP contribution < -0.4 is 10.1 Å². The Morgan fingerprint density at radius 3 is 2.45 bits per heavy atom. The number of aromatic nitrogens is 2. The fourth-order valence-electron chi connectivity index (χ4n) is 4.14. The van der Waals surface area contributed by atoms with Gasteiger partial charge in [0.1, 0.15) is 16.5 Å². The normalized spacial score (nSPS) is 18.1. The molecule has 1 aromatic heterocycles. The number of sulfonamides is 1. The highest BCUT2D eigenvalue weighted by Gasteiger charge is 2.31. The van der Waals surface area contributed by atoms with Crippen LogP contribution in [0.4, 0.5) is 5.82 Å². The van der Waals surface area contributed by atoms with Crippen LogP contribution in [-0.4, -0.2) is 54.5 Å². The molecule has 1 aromatic carbocycles. The minimum absolute atomic E-state index is 0.0661. The Morgan fingerprint density at radius 1 is 1.06 bits per heavy atom. The number of hydrogen-bond donors (Lipinski definition) is 1. The molecule has 3 heterocycles. The molecule has 2 aromatic rings. The Hall–Kier alpha value is -2.72. The standard InChI is InChI=1S/C21H26N4O5S/c1-14-20(21-22-18(26)9-10-19(27)25(21)23-14)15-7-8-16(30-2)17(13-15)31(28,29)24-11-5-3-4-6-12-24/h7-8,13H,3-6,9-12H2,1-2H3,(H,22,26). The first-order valence-corrected chi connectivity index (χ1v) is 11.9. The van der Waals surface area contributed by atoms with E-state index in [1.165, 1.54) is 16.1 Å². The SMILES string of the molecule is COc1ccc(-c2c(C)nn3c2NC(=O)CCC3=O)cc1S(=O)(=O)N1CCCCCC1. The van der Waals surface area contributed by atoms with Crippen molar-refractivity contribution in [1.29, 1.82) is 0 Å². The van der Waals surface area contributed by atoms with Crippen molar-refractivity contribution in [3.05, 3.63) is 23.9 Å². The molecule has 4 rings (SSSR count). The monoisotopic (exact) mass is 446 g/mol. The Kier molecular flexibility index (Phi) is 5.85. The molecule has 0 radical (unpaired) electrons. The number of hydrogen-bond acceptors (Lipinski definition) is 6. The molecule has 0 bridgehead atoms. The highest BCUT2D eigenvalue weighted by atomic mass is 32.2. The first kappa shape index (κ1) is 21.5. The summed E-state index contributed by atoms with van der Waals surface area (Å²) in [5, 5.41) is 7.05. The largest absolute Gasteiger partial charge is 0.495 e. The van der Waals surface area contributed by atoms with E-state index in [1.807, 2.05) is 0 Å². The van der Waals surface area contributed by atoms with Gasteiger partial charge in [0, 0.05) is 31.5 Å². The quantitative estimate of drug-likeness (QED) is 0.773. The minimum atomic E-state index is -3.78. The van der Waals surface area contributed by atoms with Crippen molar-refractivity contribution in [2.24, 2.45) is 0 Å². The van der Waals surface area contributed by atoms with Gasteiger partial charge in [-0.3, -0.25) is 9.59 Å². The summed E-state index contributed by atoms with van der Waals surface area (Å²) in [4.78, 5) is 24.6. The highest BCUT2D eigenvalue weighted by Crippen LogP contribution is 2.38. The molecule has 1 saturated heterocycles. The van der Waals surface area contributed by atoms with Crippen LogP contribution in [0.25, 0.3) is 11.1 Å². The molecule has 31 heavy (non-hydrogen) atoms. The fourth-order valence-corrected chi connectivity index (χ4v) is 5.84. The maximum absolute atomic E-state index is 13.5. The van der Waals surface area contributed by atoms with E-state index >= 15 is 0 Å². The van der Waals surface area contributed by atoms with Crippen molar-refractivity contribution >= 4 is 27.7 Å². The van der Waals surface area contributed by atoms with Gasteiger partial charge in [-0.05, 0) is 37.5 Å². The number of nitrogens with one attached hydrogen (secondary N) is 1. The molecular weight excluding hydrogens is 420 g/mol. The number of anilines is 1. The van der Waals surface area contributed by atoms with E-state index in [-0.39, 0.29) is 41.1 Å². The van der Waals surface area contributed by atoms with Crippen molar-refractivity contribution in [3.8, 4) is 16.9 Å². The van der Waals surface area contributed by atoms with Gasteiger partial charge in [-0.1, -0.05) is 18.9 Å². The van der Waals surface area contributed by atoms with Gasteiger partial charge in [-0.2, -0.15) is 14.1 Å². The van der Waals surface area contributed by atoms with Gasteiger partial charge in [-0.25, -0.2) is 8.42 Å². The lowest BCUT2D eigenvalue weighted by Gasteiger charge is -2.22. The zero-order chi connectivity index (χ0) is 22.2. The predicted octanol–water partition coefficient (Wildman–Crippen LogP) is 2.80. The van der Waals surface area contributed by atoms with Gasteiger partial charge in [0.2, 0.25) is 21.8 Å². The lowest BCUT2D eigenvalue weighted by molar-refractivity contribution is -0.116. The summed E-state index contributed by atoms with van der Waals surface area (Å²) < 4.78 is 35.0. The van der Waals surface area contributed by atoms with E-state index < -0.39 is 10.0 Å². The second-order valence-corrected chi connectivity index (χ2v) is 9.75. The summed E-state index contributed by atoms with van der Waals surface area (Å²) in [6, 6.07) is 4.86. The maximum atomic E-state index is 13.5. The van der Waals surface area contributed by atoms with Crippen LogP contribution in [0.15, 0.2) is 23.1 Å². The number of fused-ring (bicyclic) bond motifs is 1. The molecule has 1 fully saturated rings. The Bertz CT molecular complexity index is 1130. The van der Waals surface area contributed by atoms with Crippen LogP contribution in [0.1, 0.15) is 49.0 Å². The van der Waals surface area contributed by atoms with Crippen molar-refractivity contribution in [3.63, 3.8) is 0 Å². The maximum Gasteiger partial charge on any atom is 0.249 e. The van der Waals surface area contributed by atoms with Gasteiger partial charge >= 0.3 is 0 Å². The topological polar surface area (TPSA) is 111 Å². The average Bonchev–Trinajstić information content (AvgIpc) is 2.92. The van der Waals surface area contributed by atoms with Gasteiger partial charge < -0.3 is 10.1 Å². The van der Waals surface area contributed by atoms with Crippen molar-refractivity contribution < 1.29 is 22.7 Å². The summed E-state index contributed by atoms with van der Waals surface area (Å²) in [7, 11) is -2.34. The van der Waals surface area contributed by atoms with Gasteiger partial charge in [0.15, 0.2) is 0 Å². The number of nitrogens with zero attached hydrogens (tertiary/aromatic N) is 3. The van der Waals surface area contributed by atoms with Crippen LogP contribution >= 0.6 is 0 Å². The van der Waals surface area contributed by atoms with Crippen LogP contribution in [0.3, 0.4) is 0 Å². The molecule has 9 nitrogen and oxygen atoms in total. The molecule has 0 unspecified atom stereocenters. The molecule has 2 aliphatic heterocycles. The number of aryl methyl sites for hydroxylation is 1. The smallest absolute Gasteiger partial charge is 0.249 e. The van der Waals surface area contributed by atoms with Crippen molar-refractivity contribution in [1.82, 2.24) is 14.1 Å². The molecular formula is C21H26N4O5S. The highest BCUT2D eigenvalue weighted by molar-refractivity contribution is 7.89. The molecule has 2 aliphatic rings. The lowest BCUT2D eigenvalue weighted by Crippen LogP contribution is -2.32. The van der Waals surface area contributed by atoms with E-state index in [4.69, 9.17) is 4.74 Å². The fraction of sp³-hybridized carbons (Fsp3) is 0.476. The first-order valence-electron chi connectivity index (χ1n) is 10.4. The second-order valence-electron chi connectivity index (χ2n) is 7.85. The summed E-state index contributed by atoms with van der Waals surface area (Å²) >= 11 is 0. The van der Waals surface area contributed by atoms with Crippen LogP contribution in [0, 0.1) is 6.92 Å². The molecule has 10 heteroatoms. The van der Waals surface area contributed by atoms with Crippen LogP contribution in [-0.2, 0) is 14.8 Å². The van der Waals surface area contributed by atoms with E-state index in [2.05, 4.69) is 10.4 Å². The molecule has 0 saturated carbocycles. The summed E-state index contributed by atoms with van der Waals surface area (Å²) in [6.07, 6.45) is 3.82. The number of carbonyl (C=O) groups is 2. The lowest BCUT2D eigenvalue weighted by atomic mass is 10.1. The van der Waals surface area contributed by atoms with Gasteiger partial charge in [0.25, 0.3) is 0 Å². The molecule has 1 N–H and O–H groups in total. The zero-order valence-corrected chi connectivity index (χ0v) is 18.5. The number of amides is 1. The third-order valence-corrected chi connectivity index (χ3v) is 7.68. The minimum Gasteiger partial charge on any atom is -0.495 e. The van der Waals surface area contributed by atoms with E-state index in [0.29, 0.717) is 29.9 Å². The third-order valence-electron chi connectivity index (χ3n) is 5.76. The number of carbonyl (C=O) groups excluding carboxylic acids is 2. The van der Waals surface area contributed by atoms with Gasteiger partial charge in [-0.15, -0.1) is 0 Å². The molecule has 0 atom stereocenters. The number of methoxy groups -OCH3 is 1. The summed E-state index contributed by atoms with van der Waals surface area (Å²) in [5.41, 5.74) is 1.59. The molecule has 0 aliphatic carbocycles. The number of rotatable bonds is 4. The number of ether oxygens (including phenoxy) is 1. The zero-order valence-electron chi connectivity index (χ0n) is 17.7. The van der Waals surface area contributed by atoms with E-state index in [1.54, 1.807) is 25.1 Å². The Morgan fingerprint density at radius 2 is 1.77 bits per heavy atom. The van der Waals surface area contributed by atoms with Gasteiger partial charge in [0.05, 0.1) is 12.8 Å². The molecule has 0 spiro atoms. The van der Waals surface area contributed by atoms with Crippen LogP contribution in [0.2, 0.25) is 0 Å². The van der Waals surface area contributed by atoms with E-state index in [9.17, 15) is 18.0 Å². The number of benzene rings is 1. The second kappa shape index (κ2) is 8.43. The average molecular weight is 447 g/mol. The van der Waals surface area contributed by atoms with E-state index in [0.717, 1.165) is 25.7 Å². The van der Waals surface area contributed by atoms with Crippen molar-refractivity contribution in [2.45, 2.75) is 50.3 Å². The Balaban J connectivity index is 1.84. The van der Waals surface area contributed by atoms with Crippen LogP contribution in [0.5, 0.6) is 5.75 Å². The first-order chi connectivity index (χ1) is 14.8.